The van der Waals surface area contributed by atoms with E-state index in [1.807, 2.05) is 24.3 Å². The molecule has 4 nitrogen and oxygen atoms in total. The van der Waals surface area contributed by atoms with Crippen molar-refractivity contribution in [1.82, 2.24) is 5.32 Å². The summed E-state index contributed by atoms with van der Waals surface area (Å²) in [4.78, 5) is 11.8. The molecular weight excluding hydrogens is 266 g/mol. The van der Waals surface area contributed by atoms with E-state index in [4.69, 9.17) is 20.8 Å². The van der Waals surface area contributed by atoms with Crippen LogP contribution in [0, 0.1) is 0 Å². The predicted octanol–water partition coefficient (Wildman–Crippen LogP) is 3.01. The van der Waals surface area contributed by atoms with Crippen LogP contribution in [0.15, 0.2) is 40.8 Å². The number of amides is 1. The lowest BCUT2D eigenvalue weighted by atomic mass is 10.1. The van der Waals surface area contributed by atoms with Crippen molar-refractivity contribution in [3.05, 3.63) is 58.5 Å². The molecule has 1 heterocycles. The second kappa shape index (κ2) is 6.41. The van der Waals surface area contributed by atoms with Crippen LogP contribution in [-0.4, -0.2) is 13.0 Å². The molecule has 0 spiro atoms. The smallest absolute Gasteiger partial charge is 0.287 e. The van der Waals surface area contributed by atoms with E-state index in [9.17, 15) is 4.79 Å². The molecule has 100 valence electrons. The summed E-state index contributed by atoms with van der Waals surface area (Å²) in [5.41, 5.74) is 2.05. The summed E-state index contributed by atoms with van der Waals surface area (Å²) in [5, 5.41) is 2.98. The number of methoxy groups -OCH3 is 1. The normalized spacial score (nSPS) is 10.4. The molecule has 19 heavy (non-hydrogen) atoms. The highest BCUT2D eigenvalue weighted by Gasteiger charge is 2.10. The monoisotopic (exact) mass is 279 g/mol. The highest BCUT2D eigenvalue weighted by molar-refractivity contribution is 6.29. The van der Waals surface area contributed by atoms with E-state index in [0.717, 1.165) is 11.1 Å². The molecule has 2 aromatic rings. The number of furan rings is 1. The van der Waals surface area contributed by atoms with E-state index in [1.165, 1.54) is 6.07 Å². The molecule has 1 N–H and O–H groups in total. The molecule has 0 saturated carbocycles. The van der Waals surface area contributed by atoms with Crippen molar-refractivity contribution in [3.63, 3.8) is 0 Å². The van der Waals surface area contributed by atoms with Crippen LogP contribution in [0.3, 0.4) is 0 Å². The third-order valence-electron chi connectivity index (χ3n) is 2.65. The average molecular weight is 280 g/mol. The first-order valence-corrected chi connectivity index (χ1v) is 6.17. The third-order valence-corrected chi connectivity index (χ3v) is 2.86. The van der Waals surface area contributed by atoms with Crippen LogP contribution in [0.2, 0.25) is 5.22 Å². The molecule has 0 atom stereocenters. The van der Waals surface area contributed by atoms with Crippen molar-refractivity contribution >= 4 is 17.5 Å². The molecule has 0 aliphatic rings. The van der Waals surface area contributed by atoms with Crippen molar-refractivity contribution in [2.24, 2.45) is 0 Å². The first-order valence-electron chi connectivity index (χ1n) is 5.80. The number of nitrogens with one attached hydrogen (secondary N) is 1. The van der Waals surface area contributed by atoms with E-state index >= 15 is 0 Å². The van der Waals surface area contributed by atoms with E-state index in [0.29, 0.717) is 13.2 Å². The molecule has 1 aromatic heterocycles. The van der Waals surface area contributed by atoms with Gasteiger partial charge < -0.3 is 14.5 Å². The van der Waals surface area contributed by atoms with E-state index in [1.54, 1.807) is 13.2 Å². The van der Waals surface area contributed by atoms with Gasteiger partial charge in [-0.3, -0.25) is 4.79 Å². The lowest BCUT2D eigenvalue weighted by Crippen LogP contribution is -2.22. The maximum atomic E-state index is 11.8. The Morgan fingerprint density at radius 1 is 1.26 bits per heavy atom. The van der Waals surface area contributed by atoms with Gasteiger partial charge in [0.25, 0.3) is 5.91 Å². The third kappa shape index (κ3) is 3.59. The number of halogens is 1. The van der Waals surface area contributed by atoms with Gasteiger partial charge in [-0.25, -0.2) is 0 Å². The Labute approximate surface area is 116 Å². The van der Waals surface area contributed by atoms with Crippen molar-refractivity contribution in [1.29, 1.82) is 0 Å². The lowest BCUT2D eigenvalue weighted by Gasteiger charge is -2.09. The van der Waals surface area contributed by atoms with Crippen LogP contribution in [0.1, 0.15) is 21.7 Å². The van der Waals surface area contributed by atoms with Crippen LogP contribution in [0.4, 0.5) is 0 Å². The van der Waals surface area contributed by atoms with Crippen LogP contribution in [-0.2, 0) is 17.9 Å². The zero-order valence-corrected chi connectivity index (χ0v) is 11.2. The summed E-state index contributed by atoms with van der Waals surface area (Å²) in [6, 6.07) is 10.9. The summed E-state index contributed by atoms with van der Waals surface area (Å²) >= 11 is 5.62. The van der Waals surface area contributed by atoms with Gasteiger partial charge in [0.2, 0.25) is 0 Å². The largest absolute Gasteiger partial charge is 0.440 e. The fraction of sp³-hybridized carbons (Fsp3) is 0.214. The Morgan fingerprint density at radius 2 is 2.00 bits per heavy atom. The molecule has 2 rings (SSSR count). The van der Waals surface area contributed by atoms with Gasteiger partial charge in [0.15, 0.2) is 11.0 Å². The highest BCUT2D eigenvalue weighted by atomic mass is 35.5. The van der Waals surface area contributed by atoms with Crippen LogP contribution < -0.4 is 5.32 Å². The van der Waals surface area contributed by atoms with E-state index < -0.39 is 0 Å². The lowest BCUT2D eigenvalue weighted by molar-refractivity contribution is 0.0923. The Morgan fingerprint density at radius 3 is 2.63 bits per heavy atom. The SMILES string of the molecule is COCc1ccccc1CNC(=O)c1ccc(Cl)o1. The van der Waals surface area contributed by atoms with Gasteiger partial charge in [-0.1, -0.05) is 24.3 Å². The Hall–Kier alpha value is -1.78. The van der Waals surface area contributed by atoms with Gasteiger partial charge in [0, 0.05) is 13.7 Å². The summed E-state index contributed by atoms with van der Waals surface area (Å²) in [5.74, 6) is -0.0895. The Kier molecular flexibility index (Phi) is 4.60. The summed E-state index contributed by atoms with van der Waals surface area (Å²) in [6.07, 6.45) is 0. The zero-order valence-electron chi connectivity index (χ0n) is 10.5. The molecule has 0 saturated heterocycles. The maximum Gasteiger partial charge on any atom is 0.287 e. The quantitative estimate of drug-likeness (QED) is 0.915. The molecule has 0 radical (unpaired) electrons. The minimum Gasteiger partial charge on any atom is -0.440 e. The number of carbonyl (C=O) groups is 1. The van der Waals surface area contributed by atoms with Gasteiger partial charge in [0.1, 0.15) is 0 Å². The number of carbonyl (C=O) groups excluding carboxylic acids is 1. The summed E-state index contributed by atoms with van der Waals surface area (Å²) in [7, 11) is 1.64. The van der Waals surface area contributed by atoms with E-state index in [2.05, 4.69) is 5.32 Å². The molecular formula is C14H14ClNO3. The molecule has 5 heteroatoms. The molecule has 0 unspecified atom stereocenters. The first-order chi connectivity index (χ1) is 9.20. The number of hydrogen-bond donors (Lipinski definition) is 1. The molecule has 1 aromatic carbocycles. The van der Waals surface area contributed by atoms with Crippen molar-refractivity contribution in [3.8, 4) is 0 Å². The minimum absolute atomic E-state index is 0.199. The molecule has 0 bridgehead atoms. The fourth-order valence-electron chi connectivity index (χ4n) is 1.73. The maximum absolute atomic E-state index is 11.8. The van der Waals surface area contributed by atoms with Gasteiger partial charge in [-0.05, 0) is 34.9 Å². The summed E-state index contributed by atoms with van der Waals surface area (Å²) in [6.45, 7) is 0.926. The van der Waals surface area contributed by atoms with Crippen molar-refractivity contribution in [2.75, 3.05) is 7.11 Å². The molecule has 1 amide bonds. The molecule has 0 fully saturated rings. The van der Waals surface area contributed by atoms with Crippen molar-refractivity contribution < 1.29 is 13.9 Å². The standard InChI is InChI=1S/C14H14ClNO3/c1-18-9-11-5-3-2-4-10(11)8-16-14(17)12-6-7-13(15)19-12/h2-7H,8-9H2,1H3,(H,16,17). The van der Waals surface area contributed by atoms with Crippen LogP contribution in [0.25, 0.3) is 0 Å². The van der Waals surface area contributed by atoms with Gasteiger partial charge in [-0.15, -0.1) is 0 Å². The van der Waals surface area contributed by atoms with Crippen molar-refractivity contribution in [2.45, 2.75) is 13.2 Å². The van der Waals surface area contributed by atoms with Crippen LogP contribution in [0.5, 0.6) is 0 Å². The second-order valence-electron chi connectivity index (χ2n) is 3.99. The van der Waals surface area contributed by atoms with Gasteiger partial charge in [-0.2, -0.15) is 0 Å². The highest BCUT2D eigenvalue weighted by Crippen LogP contribution is 2.14. The fourth-order valence-corrected chi connectivity index (χ4v) is 1.87. The topological polar surface area (TPSA) is 51.5 Å². The zero-order chi connectivity index (χ0) is 13.7. The minimum atomic E-state index is -0.292. The Balaban J connectivity index is 2.00. The molecule has 0 aliphatic heterocycles. The second-order valence-corrected chi connectivity index (χ2v) is 4.36. The Bertz CT molecular complexity index is 565. The predicted molar refractivity (Wildman–Crippen MR) is 72.0 cm³/mol. The van der Waals surface area contributed by atoms with Gasteiger partial charge in [0.05, 0.1) is 6.61 Å². The summed E-state index contributed by atoms with van der Waals surface area (Å²) < 4.78 is 10.2. The van der Waals surface area contributed by atoms with Crippen LogP contribution >= 0.6 is 11.6 Å². The van der Waals surface area contributed by atoms with Gasteiger partial charge >= 0.3 is 0 Å². The number of ether oxygens (including phenoxy) is 1. The number of hydrogen-bond acceptors (Lipinski definition) is 3. The average Bonchev–Trinajstić information content (AvgIpc) is 2.84. The van der Waals surface area contributed by atoms with E-state index in [-0.39, 0.29) is 16.9 Å². The molecule has 0 aliphatic carbocycles. The number of benzene rings is 1. The number of rotatable bonds is 5. The first kappa shape index (κ1) is 13.6.